The minimum Gasteiger partial charge on any atom is -0.360 e. The number of ether oxygens (including phenoxy) is 1. The Morgan fingerprint density at radius 3 is 2.56 bits per heavy atom. The number of nitrogens with zero attached hydrogens (tertiary/aromatic N) is 3. The quantitative estimate of drug-likeness (QED) is 0.684. The van der Waals surface area contributed by atoms with Gasteiger partial charge >= 0.3 is 0 Å². The van der Waals surface area contributed by atoms with Gasteiger partial charge in [-0.25, -0.2) is 0 Å². The van der Waals surface area contributed by atoms with Crippen molar-refractivity contribution in [2.75, 3.05) is 32.7 Å². The monoisotopic (exact) mass is 373 g/mol. The van der Waals surface area contributed by atoms with Crippen LogP contribution in [0.15, 0.2) is 12.2 Å². The van der Waals surface area contributed by atoms with Gasteiger partial charge in [0.25, 0.3) is 0 Å². The number of amides is 2. The van der Waals surface area contributed by atoms with Gasteiger partial charge in [-0.3, -0.25) is 14.5 Å². The van der Waals surface area contributed by atoms with Crippen LogP contribution >= 0.6 is 0 Å². The molecule has 4 atom stereocenters. The fraction of sp³-hybridized carbons (Fsp3) is 0.810. The Kier molecular flexibility index (Phi) is 3.80. The van der Waals surface area contributed by atoms with E-state index in [9.17, 15) is 9.59 Å². The summed E-state index contributed by atoms with van der Waals surface area (Å²) in [7, 11) is 0. The lowest BCUT2D eigenvalue weighted by molar-refractivity contribution is -0.150. The molecule has 0 unspecified atom stereocenters. The Bertz CT molecular complexity index is 687. The predicted molar refractivity (Wildman–Crippen MR) is 101 cm³/mol. The van der Waals surface area contributed by atoms with E-state index in [1.54, 1.807) is 0 Å². The zero-order chi connectivity index (χ0) is 19.0. The Morgan fingerprint density at radius 2 is 1.89 bits per heavy atom. The summed E-state index contributed by atoms with van der Waals surface area (Å²) in [4.78, 5) is 32.9. The van der Waals surface area contributed by atoms with Crippen molar-refractivity contribution in [2.24, 2.45) is 11.8 Å². The van der Waals surface area contributed by atoms with Crippen LogP contribution in [-0.4, -0.2) is 82.5 Å². The van der Waals surface area contributed by atoms with Crippen molar-refractivity contribution in [3.63, 3.8) is 0 Å². The third kappa shape index (κ3) is 2.52. The summed E-state index contributed by atoms with van der Waals surface area (Å²) in [5.74, 6) is -0.500. The molecule has 6 nitrogen and oxygen atoms in total. The molecule has 5 aliphatic heterocycles. The average Bonchev–Trinajstić information content (AvgIpc) is 3.22. The van der Waals surface area contributed by atoms with Gasteiger partial charge in [-0.15, -0.1) is 0 Å². The van der Waals surface area contributed by atoms with E-state index in [2.05, 4.69) is 4.90 Å². The van der Waals surface area contributed by atoms with Crippen LogP contribution in [0.1, 0.15) is 40.0 Å². The van der Waals surface area contributed by atoms with E-state index in [0.717, 1.165) is 26.2 Å². The smallest absolute Gasteiger partial charge is 0.230 e. The molecule has 1 spiro atoms. The zero-order valence-corrected chi connectivity index (χ0v) is 16.7. The van der Waals surface area contributed by atoms with Crippen molar-refractivity contribution in [1.29, 1.82) is 0 Å². The summed E-state index contributed by atoms with van der Waals surface area (Å²) in [5.41, 5.74) is -0.846. The topological polar surface area (TPSA) is 53.1 Å². The van der Waals surface area contributed by atoms with Crippen molar-refractivity contribution < 1.29 is 14.3 Å². The largest absolute Gasteiger partial charge is 0.360 e. The number of carbonyl (C=O) groups is 2. The molecule has 148 valence electrons. The van der Waals surface area contributed by atoms with Gasteiger partial charge in [-0.1, -0.05) is 18.6 Å². The molecule has 2 amide bonds. The number of hydrogen-bond donors (Lipinski definition) is 0. The van der Waals surface area contributed by atoms with Gasteiger partial charge in [0.2, 0.25) is 11.8 Å². The molecule has 27 heavy (non-hydrogen) atoms. The highest BCUT2D eigenvalue weighted by atomic mass is 16.5. The number of rotatable bonds is 2. The first-order valence-electron chi connectivity index (χ1n) is 10.5. The van der Waals surface area contributed by atoms with Crippen molar-refractivity contribution >= 4 is 11.8 Å². The van der Waals surface area contributed by atoms with Crippen LogP contribution in [0.25, 0.3) is 0 Å². The lowest BCUT2D eigenvalue weighted by Crippen LogP contribution is -2.64. The summed E-state index contributed by atoms with van der Waals surface area (Å²) >= 11 is 0. The lowest BCUT2D eigenvalue weighted by Gasteiger charge is -2.48. The molecule has 2 bridgehead atoms. The maximum Gasteiger partial charge on any atom is 0.230 e. The van der Waals surface area contributed by atoms with Gasteiger partial charge in [0, 0.05) is 24.7 Å². The summed E-state index contributed by atoms with van der Waals surface area (Å²) in [6.45, 7) is 10.7. The third-order valence-electron chi connectivity index (χ3n) is 7.28. The molecule has 0 radical (unpaired) electrons. The van der Waals surface area contributed by atoms with Crippen molar-refractivity contribution in [1.82, 2.24) is 14.7 Å². The number of piperidine rings is 1. The second-order valence-corrected chi connectivity index (χ2v) is 9.99. The van der Waals surface area contributed by atoms with Crippen molar-refractivity contribution in [2.45, 2.75) is 63.3 Å². The maximum atomic E-state index is 13.3. The van der Waals surface area contributed by atoms with Crippen molar-refractivity contribution in [3.05, 3.63) is 12.2 Å². The molecule has 0 aromatic carbocycles. The van der Waals surface area contributed by atoms with E-state index >= 15 is 0 Å². The highest BCUT2D eigenvalue weighted by molar-refractivity contribution is 5.93. The number of carbonyl (C=O) groups excluding carboxylic acids is 2. The third-order valence-corrected chi connectivity index (χ3v) is 7.28. The Balaban J connectivity index is 1.31. The molecule has 5 heterocycles. The van der Waals surface area contributed by atoms with Gasteiger partial charge in [-0.2, -0.15) is 0 Å². The SMILES string of the molecule is CC(C)(C)N1C[C@]23C=C[C@H](O2)[C@@H](C(=O)N2CC(N4CCCCC4)C2)[C@@H]3C1=O. The standard InChI is InChI=1S/C21H31N3O3/c1-20(2,3)24-13-21-8-7-15(27-21)16(17(21)19(24)26)18(25)23-11-14(12-23)22-9-5-4-6-10-22/h7-8,14-17H,4-6,9-13H2,1-3H3/t15-,16+,17+,21-/m0/s1. The molecule has 5 aliphatic rings. The van der Waals surface area contributed by atoms with Crippen molar-refractivity contribution in [3.8, 4) is 0 Å². The molecule has 0 N–H and O–H groups in total. The van der Waals surface area contributed by atoms with E-state index in [0.29, 0.717) is 12.6 Å². The maximum absolute atomic E-state index is 13.3. The van der Waals surface area contributed by atoms with E-state index < -0.39 is 5.60 Å². The fourth-order valence-electron chi connectivity index (χ4n) is 5.71. The Morgan fingerprint density at radius 1 is 1.19 bits per heavy atom. The molecule has 4 saturated heterocycles. The molecule has 5 rings (SSSR count). The predicted octanol–water partition coefficient (Wildman–Crippen LogP) is 1.26. The van der Waals surface area contributed by atoms with E-state index in [4.69, 9.17) is 4.74 Å². The number of likely N-dealkylation sites (tertiary alicyclic amines) is 3. The minimum atomic E-state index is -0.591. The van der Waals surface area contributed by atoms with Crippen LogP contribution in [0.5, 0.6) is 0 Å². The zero-order valence-electron chi connectivity index (χ0n) is 16.7. The van der Waals surface area contributed by atoms with E-state index in [1.165, 1.54) is 19.3 Å². The molecule has 0 aliphatic carbocycles. The van der Waals surface area contributed by atoms with Crippen LogP contribution in [0.2, 0.25) is 0 Å². The molecule has 6 heteroatoms. The van der Waals surface area contributed by atoms with Gasteiger partial charge in [0.1, 0.15) is 5.60 Å². The van der Waals surface area contributed by atoms with Crippen LogP contribution < -0.4 is 0 Å². The van der Waals surface area contributed by atoms with Gasteiger partial charge < -0.3 is 14.5 Å². The second-order valence-electron chi connectivity index (χ2n) is 9.99. The molecule has 0 saturated carbocycles. The average molecular weight is 373 g/mol. The second kappa shape index (κ2) is 5.80. The summed E-state index contributed by atoms with van der Waals surface area (Å²) in [6.07, 6.45) is 7.70. The lowest BCUT2D eigenvalue weighted by atomic mass is 9.76. The summed E-state index contributed by atoms with van der Waals surface area (Å²) in [6, 6.07) is 0.503. The fourth-order valence-corrected chi connectivity index (χ4v) is 5.71. The highest BCUT2D eigenvalue weighted by Gasteiger charge is 2.68. The Labute approximate surface area is 161 Å². The highest BCUT2D eigenvalue weighted by Crippen LogP contribution is 2.53. The minimum absolute atomic E-state index is 0.0841. The van der Waals surface area contributed by atoms with Gasteiger partial charge in [0.05, 0.1) is 24.5 Å². The Hall–Kier alpha value is -1.40. The first kappa shape index (κ1) is 17.7. The first-order valence-corrected chi connectivity index (χ1v) is 10.5. The summed E-state index contributed by atoms with van der Waals surface area (Å²) < 4.78 is 6.24. The van der Waals surface area contributed by atoms with Crippen LogP contribution in [-0.2, 0) is 14.3 Å². The van der Waals surface area contributed by atoms with E-state index in [-0.39, 0.29) is 35.3 Å². The summed E-state index contributed by atoms with van der Waals surface area (Å²) in [5, 5.41) is 0. The van der Waals surface area contributed by atoms with Crippen LogP contribution in [0.4, 0.5) is 0 Å². The molecular formula is C21H31N3O3. The van der Waals surface area contributed by atoms with Gasteiger partial charge in [0.15, 0.2) is 0 Å². The van der Waals surface area contributed by atoms with Gasteiger partial charge in [-0.05, 0) is 46.7 Å². The van der Waals surface area contributed by atoms with E-state index in [1.807, 2.05) is 42.7 Å². The number of hydrogen-bond acceptors (Lipinski definition) is 4. The van der Waals surface area contributed by atoms with Crippen LogP contribution in [0.3, 0.4) is 0 Å². The molecular weight excluding hydrogens is 342 g/mol. The van der Waals surface area contributed by atoms with Crippen LogP contribution in [0, 0.1) is 11.8 Å². The normalized spacial score (nSPS) is 39.2. The molecule has 0 aromatic heterocycles. The number of fused-ring (bicyclic) bond motifs is 1. The molecule has 0 aromatic rings. The first-order chi connectivity index (χ1) is 12.8. The molecule has 4 fully saturated rings.